The average Bonchev–Trinajstić information content (AvgIpc) is 2.77. The van der Waals surface area contributed by atoms with Crippen LogP contribution in [0.25, 0.3) is 5.57 Å². The minimum absolute atomic E-state index is 0.247. The van der Waals surface area contributed by atoms with Crippen LogP contribution in [0.5, 0.6) is 0 Å². The van der Waals surface area contributed by atoms with Gasteiger partial charge in [0.25, 0.3) is 0 Å². The lowest BCUT2D eigenvalue weighted by Gasteiger charge is -2.05. The monoisotopic (exact) mass is 250 g/mol. The molecule has 1 aromatic heterocycles. The van der Waals surface area contributed by atoms with Crippen molar-refractivity contribution < 1.29 is 13.9 Å². The van der Waals surface area contributed by atoms with Crippen LogP contribution in [0.2, 0.25) is 0 Å². The van der Waals surface area contributed by atoms with Crippen LogP contribution >= 0.6 is 0 Å². The molecule has 0 saturated heterocycles. The first kappa shape index (κ1) is 14.6. The molecule has 0 fully saturated rings. The standard InChI is InChI=1S/C15H22O3/c1-11(2)7-5-6-10-17-15(16)14-9-8-13(18-14)12(3)4/h8-9,11H,3,5-7,10H2,1-2,4H3. The molecule has 18 heavy (non-hydrogen) atoms. The van der Waals surface area contributed by atoms with Crippen molar-refractivity contribution in [3.05, 3.63) is 30.2 Å². The summed E-state index contributed by atoms with van der Waals surface area (Å²) in [6, 6.07) is 3.36. The molecular formula is C15H22O3. The third-order valence-electron chi connectivity index (χ3n) is 2.64. The van der Waals surface area contributed by atoms with Crippen LogP contribution in [0.4, 0.5) is 0 Å². The Morgan fingerprint density at radius 3 is 2.56 bits per heavy atom. The van der Waals surface area contributed by atoms with Gasteiger partial charge in [-0.25, -0.2) is 4.79 Å². The number of hydrogen-bond donors (Lipinski definition) is 0. The summed E-state index contributed by atoms with van der Waals surface area (Å²) in [5.74, 6) is 1.18. The number of carbonyl (C=O) groups excluding carboxylic acids is 1. The number of rotatable bonds is 7. The zero-order chi connectivity index (χ0) is 13.5. The molecule has 1 rings (SSSR count). The lowest BCUT2D eigenvalue weighted by Crippen LogP contribution is -2.05. The smallest absolute Gasteiger partial charge is 0.374 e. The van der Waals surface area contributed by atoms with Crippen LogP contribution in [0.3, 0.4) is 0 Å². The van der Waals surface area contributed by atoms with Crippen LogP contribution in [-0.2, 0) is 4.74 Å². The Kier molecular flexibility index (Phi) is 5.69. The lowest BCUT2D eigenvalue weighted by atomic mass is 10.1. The second-order valence-electron chi connectivity index (χ2n) is 4.97. The normalized spacial score (nSPS) is 10.7. The van der Waals surface area contributed by atoms with Crippen molar-refractivity contribution in [2.24, 2.45) is 5.92 Å². The number of allylic oxidation sites excluding steroid dienone is 1. The van der Waals surface area contributed by atoms with Crippen molar-refractivity contribution in [1.82, 2.24) is 0 Å². The summed E-state index contributed by atoms with van der Waals surface area (Å²) in [5.41, 5.74) is 0.797. The largest absolute Gasteiger partial charge is 0.460 e. The number of ether oxygens (including phenoxy) is 1. The maximum absolute atomic E-state index is 11.6. The predicted molar refractivity (Wildman–Crippen MR) is 72.4 cm³/mol. The molecule has 3 nitrogen and oxygen atoms in total. The minimum atomic E-state index is -0.396. The topological polar surface area (TPSA) is 39.4 Å². The zero-order valence-electron chi connectivity index (χ0n) is 11.5. The van der Waals surface area contributed by atoms with Gasteiger partial charge >= 0.3 is 5.97 Å². The van der Waals surface area contributed by atoms with Crippen molar-refractivity contribution in [2.75, 3.05) is 6.61 Å². The number of esters is 1. The average molecular weight is 250 g/mol. The molecule has 0 N–H and O–H groups in total. The van der Waals surface area contributed by atoms with E-state index in [1.807, 2.05) is 6.92 Å². The van der Waals surface area contributed by atoms with E-state index in [1.54, 1.807) is 12.1 Å². The third-order valence-corrected chi connectivity index (χ3v) is 2.64. The molecule has 0 unspecified atom stereocenters. The highest BCUT2D eigenvalue weighted by atomic mass is 16.5. The number of unbranched alkanes of at least 4 members (excludes halogenated alkanes) is 1. The third kappa shape index (κ3) is 4.78. The van der Waals surface area contributed by atoms with Gasteiger partial charge in [0, 0.05) is 0 Å². The minimum Gasteiger partial charge on any atom is -0.460 e. The second kappa shape index (κ2) is 7.04. The molecular weight excluding hydrogens is 228 g/mol. The second-order valence-corrected chi connectivity index (χ2v) is 4.97. The Labute approximate surface area is 109 Å². The highest BCUT2D eigenvalue weighted by Gasteiger charge is 2.12. The molecule has 1 aromatic rings. The van der Waals surface area contributed by atoms with Crippen LogP contribution in [-0.4, -0.2) is 12.6 Å². The molecule has 0 aromatic carbocycles. The van der Waals surface area contributed by atoms with Gasteiger partial charge in [0.1, 0.15) is 5.76 Å². The fourth-order valence-corrected chi connectivity index (χ4v) is 1.57. The van der Waals surface area contributed by atoms with Crippen LogP contribution < -0.4 is 0 Å². The first-order valence-electron chi connectivity index (χ1n) is 6.43. The van der Waals surface area contributed by atoms with Crippen LogP contribution in [0.1, 0.15) is 56.3 Å². The molecule has 0 saturated carbocycles. The van der Waals surface area contributed by atoms with Gasteiger partial charge in [-0.3, -0.25) is 0 Å². The summed E-state index contributed by atoms with van der Waals surface area (Å²) < 4.78 is 10.5. The summed E-state index contributed by atoms with van der Waals surface area (Å²) in [5, 5.41) is 0. The summed E-state index contributed by atoms with van der Waals surface area (Å²) in [6.07, 6.45) is 3.15. The first-order valence-corrected chi connectivity index (χ1v) is 6.43. The summed E-state index contributed by atoms with van der Waals surface area (Å²) in [4.78, 5) is 11.6. The number of carbonyl (C=O) groups is 1. The summed E-state index contributed by atoms with van der Waals surface area (Å²) >= 11 is 0. The van der Waals surface area contributed by atoms with Gasteiger partial charge in [0.15, 0.2) is 0 Å². The van der Waals surface area contributed by atoms with E-state index >= 15 is 0 Å². The van der Waals surface area contributed by atoms with E-state index in [9.17, 15) is 4.79 Å². The molecule has 0 atom stereocenters. The summed E-state index contributed by atoms with van der Waals surface area (Å²) in [7, 11) is 0. The Balaban J connectivity index is 2.30. The van der Waals surface area contributed by atoms with Crippen LogP contribution in [0, 0.1) is 5.92 Å². The number of furan rings is 1. The van der Waals surface area contributed by atoms with Gasteiger partial charge in [-0.15, -0.1) is 0 Å². The maximum Gasteiger partial charge on any atom is 0.374 e. The maximum atomic E-state index is 11.6. The molecule has 0 radical (unpaired) electrons. The van der Waals surface area contributed by atoms with E-state index in [0.717, 1.165) is 24.8 Å². The molecule has 100 valence electrons. The Hall–Kier alpha value is -1.51. The van der Waals surface area contributed by atoms with Gasteiger partial charge in [-0.05, 0) is 43.4 Å². The zero-order valence-corrected chi connectivity index (χ0v) is 11.5. The quantitative estimate of drug-likeness (QED) is 0.535. The van der Waals surface area contributed by atoms with E-state index in [0.29, 0.717) is 18.3 Å². The van der Waals surface area contributed by atoms with Gasteiger partial charge in [0.05, 0.1) is 6.61 Å². The summed E-state index contributed by atoms with van der Waals surface area (Å²) in [6.45, 7) is 10.4. The lowest BCUT2D eigenvalue weighted by molar-refractivity contribution is 0.0460. The van der Waals surface area contributed by atoms with Gasteiger partial charge in [-0.1, -0.05) is 26.8 Å². The molecule has 1 heterocycles. The fourth-order valence-electron chi connectivity index (χ4n) is 1.57. The van der Waals surface area contributed by atoms with Crippen molar-refractivity contribution in [1.29, 1.82) is 0 Å². The SMILES string of the molecule is C=C(C)c1ccc(C(=O)OCCCCC(C)C)o1. The number of hydrogen-bond acceptors (Lipinski definition) is 3. The highest BCUT2D eigenvalue weighted by Crippen LogP contribution is 2.16. The molecule has 0 amide bonds. The molecule has 0 aliphatic heterocycles. The predicted octanol–water partition coefficient (Wildman–Crippen LogP) is 4.30. The van der Waals surface area contributed by atoms with E-state index < -0.39 is 5.97 Å². The molecule has 0 aliphatic carbocycles. The van der Waals surface area contributed by atoms with E-state index in [2.05, 4.69) is 20.4 Å². The molecule has 0 bridgehead atoms. The van der Waals surface area contributed by atoms with Crippen molar-refractivity contribution in [3.63, 3.8) is 0 Å². The van der Waals surface area contributed by atoms with E-state index in [-0.39, 0.29) is 5.76 Å². The van der Waals surface area contributed by atoms with E-state index in [4.69, 9.17) is 9.15 Å². The molecule has 0 aliphatic rings. The Morgan fingerprint density at radius 2 is 2.00 bits per heavy atom. The Bertz CT molecular complexity index is 402. The Morgan fingerprint density at radius 1 is 1.33 bits per heavy atom. The fraction of sp³-hybridized carbons (Fsp3) is 0.533. The van der Waals surface area contributed by atoms with Crippen molar-refractivity contribution in [3.8, 4) is 0 Å². The highest BCUT2D eigenvalue weighted by molar-refractivity contribution is 5.86. The van der Waals surface area contributed by atoms with Crippen LogP contribution in [0.15, 0.2) is 23.1 Å². The van der Waals surface area contributed by atoms with Crippen molar-refractivity contribution in [2.45, 2.75) is 40.0 Å². The van der Waals surface area contributed by atoms with Crippen molar-refractivity contribution >= 4 is 11.5 Å². The molecule has 0 spiro atoms. The van der Waals surface area contributed by atoms with Gasteiger partial charge in [0.2, 0.25) is 5.76 Å². The van der Waals surface area contributed by atoms with Gasteiger partial charge < -0.3 is 9.15 Å². The molecule has 3 heteroatoms. The van der Waals surface area contributed by atoms with Gasteiger partial charge in [-0.2, -0.15) is 0 Å². The van der Waals surface area contributed by atoms with E-state index in [1.165, 1.54) is 0 Å². The first-order chi connectivity index (χ1) is 8.50.